The van der Waals surface area contributed by atoms with Crippen LogP contribution >= 0.6 is 0 Å². The minimum Gasteiger partial charge on any atom is -0.385 e. The summed E-state index contributed by atoms with van der Waals surface area (Å²) in [6.45, 7) is 20.1. The van der Waals surface area contributed by atoms with Gasteiger partial charge in [-0.2, -0.15) is 0 Å². The molecular weight excluding hydrogens is 440 g/mol. The van der Waals surface area contributed by atoms with E-state index >= 15 is 0 Å². The predicted molar refractivity (Wildman–Crippen MR) is 160 cm³/mol. The molecule has 0 aliphatic rings. The first-order valence-corrected chi connectivity index (χ1v) is 13.1. The molecule has 0 atom stereocenters. The summed E-state index contributed by atoms with van der Waals surface area (Å²) in [7, 11) is 0. The van der Waals surface area contributed by atoms with Gasteiger partial charge in [0.25, 0.3) is 0 Å². The molecule has 190 valence electrons. The standard InChI is InChI=1S/C32H42N4/c1-7-10-13-24(4)25(5)35-31-22-27(16-17-32(31)36(20-8-2)21-9-3)26(6)33-19-18-28-23-34-30-15-12-11-14-29(28)30/h7,10-17,22-23,33-35H,5-6,8-9,18-21H2,1-4H3/b10-7-,24-13+. The molecule has 4 nitrogen and oxygen atoms in total. The Morgan fingerprint density at radius 1 is 1.06 bits per heavy atom. The molecule has 1 aromatic heterocycles. The van der Waals surface area contributed by atoms with Crippen molar-refractivity contribution in [3.05, 3.63) is 102 Å². The lowest BCUT2D eigenvalue weighted by atomic mass is 10.1. The molecule has 0 aliphatic carbocycles. The fraction of sp³-hybridized carbons (Fsp3) is 0.312. The monoisotopic (exact) mass is 482 g/mol. The molecule has 0 amide bonds. The maximum Gasteiger partial charge on any atom is 0.0628 e. The van der Waals surface area contributed by atoms with Crippen molar-refractivity contribution in [2.75, 3.05) is 29.9 Å². The van der Waals surface area contributed by atoms with Crippen LogP contribution in [0.5, 0.6) is 0 Å². The van der Waals surface area contributed by atoms with Gasteiger partial charge in [0.15, 0.2) is 0 Å². The Labute approximate surface area is 217 Å². The fourth-order valence-corrected chi connectivity index (χ4v) is 4.38. The zero-order valence-electron chi connectivity index (χ0n) is 22.5. The second kappa shape index (κ2) is 13.4. The number of nitrogens with one attached hydrogen (secondary N) is 3. The average Bonchev–Trinajstić information content (AvgIpc) is 3.30. The van der Waals surface area contributed by atoms with E-state index < -0.39 is 0 Å². The number of H-pyrrole nitrogens is 1. The molecule has 0 aliphatic heterocycles. The lowest BCUT2D eigenvalue weighted by Crippen LogP contribution is -2.26. The quantitative estimate of drug-likeness (QED) is 0.204. The van der Waals surface area contributed by atoms with E-state index in [0.29, 0.717) is 0 Å². The van der Waals surface area contributed by atoms with Crippen LogP contribution in [0, 0.1) is 0 Å². The minimum atomic E-state index is 0.820. The Balaban J connectivity index is 1.79. The van der Waals surface area contributed by atoms with Crippen LogP contribution in [0.3, 0.4) is 0 Å². The Bertz CT molecular complexity index is 1220. The van der Waals surface area contributed by atoms with Crippen LogP contribution < -0.4 is 15.5 Å². The van der Waals surface area contributed by atoms with Gasteiger partial charge in [-0.1, -0.05) is 69.5 Å². The van der Waals surface area contributed by atoms with Crippen LogP contribution in [-0.2, 0) is 6.42 Å². The molecule has 0 bridgehead atoms. The second-order valence-corrected chi connectivity index (χ2v) is 9.21. The molecule has 3 rings (SSSR count). The number of hydrogen-bond acceptors (Lipinski definition) is 3. The van der Waals surface area contributed by atoms with Gasteiger partial charge in [-0.05, 0) is 68.0 Å². The van der Waals surface area contributed by atoms with Gasteiger partial charge in [-0.15, -0.1) is 0 Å². The van der Waals surface area contributed by atoms with Crippen LogP contribution in [0.15, 0.2) is 91.3 Å². The van der Waals surface area contributed by atoms with Gasteiger partial charge in [0, 0.05) is 48.1 Å². The highest BCUT2D eigenvalue weighted by molar-refractivity contribution is 5.83. The second-order valence-electron chi connectivity index (χ2n) is 9.21. The van der Waals surface area contributed by atoms with E-state index in [1.165, 1.54) is 22.2 Å². The summed E-state index contributed by atoms with van der Waals surface area (Å²) in [5, 5.41) is 8.42. The number of nitrogens with zero attached hydrogens (tertiary/aromatic N) is 1. The van der Waals surface area contributed by atoms with Crippen molar-refractivity contribution >= 4 is 28.0 Å². The molecule has 1 heterocycles. The number of aromatic amines is 1. The maximum atomic E-state index is 4.35. The van der Waals surface area contributed by atoms with Gasteiger partial charge in [-0.25, -0.2) is 0 Å². The number of hydrogen-bond donors (Lipinski definition) is 3. The SMILES string of the molecule is C=C(Nc1cc(C(=C)NCCc2c[nH]c3ccccc23)ccc1N(CCC)CCC)/C(C)=C/C=C\C. The first kappa shape index (κ1) is 26.9. The normalized spacial score (nSPS) is 11.7. The predicted octanol–water partition coefficient (Wildman–Crippen LogP) is 8.05. The molecule has 2 aromatic carbocycles. The Morgan fingerprint density at radius 3 is 2.53 bits per heavy atom. The fourth-order valence-electron chi connectivity index (χ4n) is 4.38. The molecular formula is C32H42N4. The third-order valence-corrected chi connectivity index (χ3v) is 6.38. The summed E-state index contributed by atoms with van der Waals surface area (Å²) in [4.78, 5) is 5.82. The summed E-state index contributed by atoms with van der Waals surface area (Å²) in [5.41, 5.74) is 8.78. The molecule has 0 saturated carbocycles. The molecule has 0 radical (unpaired) electrons. The number of rotatable bonds is 14. The van der Waals surface area contributed by atoms with Crippen LogP contribution in [-0.4, -0.2) is 24.6 Å². The van der Waals surface area contributed by atoms with Crippen molar-refractivity contribution < 1.29 is 0 Å². The number of benzene rings is 2. The van der Waals surface area contributed by atoms with E-state index in [9.17, 15) is 0 Å². The van der Waals surface area contributed by atoms with Crippen LogP contribution in [0.1, 0.15) is 51.7 Å². The molecule has 0 fully saturated rings. The number of para-hydroxylation sites is 1. The summed E-state index contributed by atoms with van der Waals surface area (Å²) in [6.07, 6.45) is 11.4. The Morgan fingerprint density at radius 2 is 1.81 bits per heavy atom. The highest BCUT2D eigenvalue weighted by Gasteiger charge is 2.13. The van der Waals surface area contributed by atoms with Crippen molar-refractivity contribution in [3.63, 3.8) is 0 Å². The van der Waals surface area contributed by atoms with Crippen molar-refractivity contribution in [1.82, 2.24) is 10.3 Å². The van der Waals surface area contributed by atoms with E-state index in [1.807, 2.05) is 19.1 Å². The molecule has 3 N–H and O–H groups in total. The first-order chi connectivity index (χ1) is 17.5. The van der Waals surface area contributed by atoms with Gasteiger partial charge in [0.2, 0.25) is 0 Å². The van der Waals surface area contributed by atoms with E-state index in [2.05, 4.69) is 109 Å². The lowest BCUT2D eigenvalue weighted by Gasteiger charge is -2.28. The molecule has 4 heteroatoms. The van der Waals surface area contributed by atoms with E-state index in [1.54, 1.807) is 0 Å². The summed E-state index contributed by atoms with van der Waals surface area (Å²) >= 11 is 0. The summed E-state index contributed by atoms with van der Waals surface area (Å²) < 4.78 is 0. The van der Waals surface area contributed by atoms with Crippen LogP contribution in [0.25, 0.3) is 16.6 Å². The lowest BCUT2D eigenvalue weighted by molar-refractivity contribution is 0.745. The Kier molecular flexibility index (Phi) is 10.1. The van der Waals surface area contributed by atoms with E-state index in [4.69, 9.17) is 0 Å². The van der Waals surface area contributed by atoms with Crippen LogP contribution in [0.2, 0.25) is 0 Å². The average molecular weight is 483 g/mol. The van der Waals surface area contributed by atoms with Crippen molar-refractivity contribution in [2.24, 2.45) is 0 Å². The third-order valence-electron chi connectivity index (χ3n) is 6.38. The molecule has 0 saturated heterocycles. The first-order valence-electron chi connectivity index (χ1n) is 13.1. The molecule has 0 spiro atoms. The summed E-state index contributed by atoms with van der Waals surface area (Å²) in [5.74, 6) is 0. The van der Waals surface area contributed by atoms with Crippen molar-refractivity contribution in [2.45, 2.75) is 47.0 Å². The third kappa shape index (κ3) is 6.94. The van der Waals surface area contributed by atoms with Crippen molar-refractivity contribution in [1.29, 1.82) is 0 Å². The highest BCUT2D eigenvalue weighted by Crippen LogP contribution is 2.31. The van der Waals surface area contributed by atoms with E-state index in [0.717, 1.165) is 67.1 Å². The number of fused-ring (bicyclic) bond motifs is 1. The van der Waals surface area contributed by atoms with Gasteiger partial charge < -0.3 is 20.5 Å². The largest absolute Gasteiger partial charge is 0.385 e. The number of anilines is 2. The Hall–Kier alpha value is -3.66. The summed E-state index contributed by atoms with van der Waals surface area (Å²) in [6, 6.07) is 15.0. The maximum absolute atomic E-state index is 4.35. The minimum absolute atomic E-state index is 0.820. The van der Waals surface area contributed by atoms with E-state index in [-0.39, 0.29) is 0 Å². The molecule has 36 heavy (non-hydrogen) atoms. The van der Waals surface area contributed by atoms with Crippen molar-refractivity contribution in [3.8, 4) is 0 Å². The number of aromatic nitrogens is 1. The smallest absolute Gasteiger partial charge is 0.0628 e. The van der Waals surface area contributed by atoms with Gasteiger partial charge in [0.05, 0.1) is 11.4 Å². The topological polar surface area (TPSA) is 43.1 Å². The number of allylic oxidation sites excluding steroid dienone is 4. The molecule has 3 aromatic rings. The van der Waals surface area contributed by atoms with Crippen LogP contribution in [0.4, 0.5) is 11.4 Å². The zero-order chi connectivity index (χ0) is 25.9. The van der Waals surface area contributed by atoms with Gasteiger partial charge in [-0.3, -0.25) is 0 Å². The van der Waals surface area contributed by atoms with Gasteiger partial charge >= 0.3 is 0 Å². The molecule has 0 unspecified atom stereocenters. The van der Waals surface area contributed by atoms with Gasteiger partial charge in [0.1, 0.15) is 0 Å². The zero-order valence-corrected chi connectivity index (χ0v) is 22.5. The highest BCUT2D eigenvalue weighted by atomic mass is 15.1.